The second kappa shape index (κ2) is 7.85. The number of carbonyl (C=O) groups is 1. The van der Waals surface area contributed by atoms with E-state index in [1.54, 1.807) is 28.6 Å². The number of hydrogen-bond acceptors (Lipinski definition) is 4. The van der Waals surface area contributed by atoms with Gasteiger partial charge in [0.15, 0.2) is 0 Å². The third-order valence-electron chi connectivity index (χ3n) is 5.05. The van der Waals surface area contributed by atoms with E-state index >= 15 is 0 Å². The quantitative estimate of drug-likeness (QED) is 0.871. The van der Waals surface area contributed by atoms with Crippen molar-refractivity contribution in [2.24, 2.45) is 0 Å². The largest absolute Gasteiger partial charge is 0.337 e. The number of benzene rings is 1. The van der Waals surface area contributed by atoms with Crippen LogP contribution in [-0.4, -0.2) is 62.3 Å². The van der Waals surface area contributed by atoms with Gasteiger partial charge in [0.05, 0.1) is 11.3 Å². The first-order chi connectivity index (χ1) is 12.0. The van der Waals surface area contributed by atoms with Gasteiger partial charge in [-0.05, 0) is 37.5 Å². The number of carbonyl (C=O) groups excluding carboxylic acids is 1. The van der Waals surface area contributed by atoms with E-state index in [-0.39, 0.29) is 11.9 Å². The average molecular weight is 365 g/mol. The Morgan fingerprint density at radius 1 is 1.12 bits per heavy atom. The first kappa shape index (κ1) is 18.4. The number of nitrogens with zero attached hydrogens (tertiary/aromatic N) is 2. The van der Waals surface area contributed by atoms with Crippen LogP contribution in [0, 0.1) is 0 Å². The van der Waals surface area contributed by atoms with Crippen LogP contribution in [0.3, 0.4) is 0 Å². The number of piperazine rings is 1. The summed E-state index contributed by atoms with van der Waals surface area (Å²) in [5.41, 5.74) is 0.855. The lowest BCUT2D eigenvalue weighted by molar-refractivity contribution is -0.133. The number of amides is 1. The SMILES string of the molecule is C[C@H]1CNCCN1C(=O)Cc1ccc(S(=O)(=O)N2CCCCC2)cc1. The number of sulfonamides is 1. The highest BCUT2D eigenvalue weighted by Gasteiger charge is 2.26. The second-order valence-corrected chi connectivity index (χ2v) is 8.86. The Morgan fingerprint density at radius 2 is 1.80 bits per heavy atom. The van der Waals surface area contributed by atoms with Crippen molar-refractivity contribution in [1.82, 2.24) is 14.5 Å². The molecule has 7 heteroatoms. The van der Waals surface area contributed by atoms with E-state index in [0.717, 1.165) is 44.5 Å². The molecule has 138 valence electrons. The zero-order chi connectivity index (χ0) is 17.9. The number of nitrogens with one attached hydrogen (secondary N) is 1. The molecule has 0 aliphatic carbocycles. The third-order valence-corrected chi connectivity index (χ3v) is 6.97. The predicted octanol–water partition coefficient (Wildman–Crippen LogP) is 1.22. The third kappa shape index (κ3) is 4.22. The molecule has 2 aliphatic heterocycles. The molecule has 1 aromatic rings. The molecule has 2 heterocycles. The van der Waals surface area contributed by atoms with Crippen LogP contribution in [0.25, 0.3) is 0 Å². The molecule has 0 bridgehead atoms. The topological polar surface area (TPSA) is 69.7 Å². The van der Waals surface area contributed by atoms with Gasteiger partial charge in [0.25, 0.3) is 0 Å². The van der Waals surface area contributed by atoms with E-state index in [2.05, 4.69) is 5.32 Å². The summed E-state index contributed by atoms with van der Waals surface area (Å²) < 4.78 is 26.9. The van der Waals surface area contributed by atoms with Gasteiger partial charge in [-0.15, -0.1) is 0 Å². The molecule has 6 nitrogen and oxygen atoms in total. The van der Waals surface area contributed by atoms with Crippen molar-refractivity contribution in [2.75, 3.05) is 32.7 Å². The van der Waals surface area contributed by atoms with Gasteiger partial charge in [-0.1, -0.05) is 18.6 Å². The van der Waals surface area contributed by atoms with Gasteiger partial charge >= 0.3 is 0 Å². The summed E-state index contributed by atoms with van der Waals surface area (Å²) in [5.74, 6) is 0.0978. The molecule has 0 aromatic heterocycles. The molecule has 0 unspecified atom stereocenters. The molecule has 1 N–H and O–H groups in total. The normalized spacial score (nSPS) is 22.8. The van der Waals surface area contributed by atoms with E-state index in [1.165, 1.54) is 0 Å². The van der Waals surface area contributed by atoms with Crippen molar-refractivity contribution in [2.45, 2.75) is 43.5 Å². The minimum atomic E-state index is -3.41. The molecule has 1 aromatic carbocycles. The molecule has 1 atom stereocenters. The van der Waals surface area contributed by atoms with Crippen molar-refractivity contribution < 1.29 is 13.2 Å². The zero-order valence-corrected chi connectivity index (χ0v) is 15.6. The van der Waals surface area contributed by atoms with Crippen molar-refractivity contribution in [1.29, 1.82) is 0 Å². The van der Waals surface area contributed by atoms with Crippen LogP contribution in [0.1, 0.15) is 31.7 Å². The molecular weight excluding hydrogens is 338 g/mol. The maximum Gasteiger partial charge on any atom is 0.243 e. The Balaban J connectivity index is 1.66. The van der Waals surface area contributed by atoms with Crippen LogP contribution in [-0.2, 0) is 21.2 Å². The minimum absolute atomic E-state index is 0.0978. The monoisotopic (exact) mass is 365 g/mol. The highest BCUT2D eigenvalue weighted by Crippen LogP contribution is 2.21. The summed E-state index contributed by atoms with van der Waals surface area (Å²) in [5, 5.41) is 3.27. The predicted molar refractivity (Wildman–Crippen MR) is 96.8 cm³/mol. The summed E-state index contributed by atoms with van der Waals surface area (Å²) in [6.07, 6.45) is 3.26. The highest BCUT2D eigenvalue weighted by atomic mass is 32.2. The standard InChI is InChI=1S/C18H27N3O3S/c1-15-14-19-9-12-21(15)18(22)13-16-5-7-17(8-6-16)25(23,24)20-10-3-2-4-11-20/h5-8,15,19H,2-4,9-14H2,1H3/t15-/m0/s1. The van der Waals surface area contributed by atoms with E-state index < -0.39 is 10.0 Å². The van der Waals surface area contributed by atoms with Gasteiger partial charge in [-0.25, -0.2) is 8.42 Å². The van der Waals surface area contributed by atoms with Crippen LogP contribution >= 0.6 is 0 Å². The fourth-order valence-corrected chi connectivity index (χ4v) is 5.04. The Hall–Kier alpha value is -1.44. The Bertz CT molecular complexity index is 697. The van der Waals surface area contributed by atoms with Gasteiger partial charge in [-0.2, -0.15) is 4.31 Å². The molecule has 0 spiro atoms. The molecule has 2 aliphatic rings. The van der Waals surface area contributed by atoms with E-state index in [4.69, 9.17) is 0 Å². The lowest BCUT2D eigenvalue weighted by Gasteiger charge is -2.34. The van der Waals surface area contributed by atoms with E-state index in [1.807, 2.05) is 11.8 Å². The summed E-state index contributed by atoms with van der Waals surface area (Å²) in [6.45, 7) is 5.61. The molecule has 2 saturated heterocycles. The maximum atomic E-state index is 12.7. The lowest BCUT2D eigenvalue weighted by atomic mass is 10.1. The van der Waals surface area contributed by atoms with Crippen LogP contribution in [0.15, 0.2) is 29.2 Å². The van der Waals surface area contributed by atoms with E-state index in [0.29, 0.717) is 24.4 Å². The van der Waals surface area contributed by atoms with Gasteiger partial charge in [0.2, 0.25) is 15.9 Å². The number of piperidine rings is 1. The summed E-state index contributed by atoms with van der Waals surface area (Å²) in [4.78, 5) is 14.7. The first-order valence-corrected chi connectivity index (χ1v) is 10.5. The smallest absolute Gasteiger partial charge is 0.243 e. The summed E-state index contributed by atoms with van der Waals surface area (Å²) in [7, 11) is -3.41. The van der Waals surface area contributed by atoms with Crippen molar-refractivity contribution >= 4 is 15.9 Å². The molecule has 0 radical (unpaired) electrons. The Labute approximate surface area is 150 Å². The van der Waals surface area contributed by atoms with Crippen LogP contribution in [0.2, 0.25) is 0 Å². The second-order valence-electron chi connectivity index (χ2n) is 6.93. The molecule has 0 saturated carbocycles. The molecule has 2 fully saturated rings. The van der Waals surface area contributed by atoms with Gasteiger partial charge in [-0.3, -0.25) is 4.79 Å². The molecule has 25 heavy (non-hydrogen) atoms. The van der Waals surface area contributed by atoms with Crippen molar-refractivity contribution in [3.05, 3.63) is 29.8 Å². The molecule has 1 amide bonds. The summed E-state index contributed by atoms with van der Waals surface area (Å²) >= 11 is 0. The highest BCUT2D eigenvalue weighted by molar-refractivity contribution is 7.89. The van der Waals surface area contributed by atoms with Crippen LogP contribution in [0.4, 0.5) is 0 Å². The minimum Gasteiger partial charge on any atom is -0.337 e. The summed E-state index contributed by atoms with van der Waals surface area (Å²) in [6, 6.07) is 6.99. The number of rotatable bonds is 4. The van der Waals surface area contributed by atoms with Crippen LogP contribution in [0.5, 0.6) is 0 Å². The van der Waals surface area contributed by atoms with Crippen molar-refractivity contribution in [3.8, 4) is 0 Å². The van der Waals surface area contributed by atoms with Crippen LogP contribution < -0.4 is 5.32 Å². The lowest BCUT2D eigenvalue weighted by Crippen LogP contribution is -2.52. The fourth-order valence-electron chi connectivity index (χ4n) is 3.52. The Kier molecular flexibility index (Phi) is 5.76. The fraction of sp³-hybridized carbons (Fsp3) is 0.611. The van der Waals surface area contributed by atoms with Crippen molar-refractivity contribution in [3.63, 3.8) is 0 Å². The molecular formula is C18H27N3O3S. The maximum absolute atomic E-state index is 12.7. The first-order valence-electron chi connectivity index (χ1n) is 9.08. The number of hydrogen-bond donors (Lipinski definition) is 1. The molecule has 3 rings (SSSR count). The van der Waals surface area contributed by atoms with Gasteiger partial charge in [0, 0.05) is 38.8 Å². The van der Waals surface area contributed by atoms with E-state index in [9.17, 15) is 13.2 Å². The van der Waals surface area contributed by atoms with Gasteiger partial charge in [0.1, 0.15) is 0 Å². The Morgan fingerprint density at radius 3 is 2.44 bits per heavy atom. The van der Waals surface area contributed by atoms with Gasteiger partial charge < -0.3 is 10.2 Å². The average Bonchev–Trinajstić information content (AvgIpc) is 2.63. The zero-order valence-electron chi connectivity index (χ0n) is 14.8.